The Balaban J connectivity index is 1.80. The lowest BCUT2D eigenvalue weighted by Gasteiger charge is -2.06. The first kappa shape index (κ1) is 13.4. The topological polar surface area (TPSA) is 81.3 Å². The first-order valence-corrected chi connectivity index (χ1v) is 6.63. The number of aromatic nitrogens is 2. The van der Waals surface area contributed by atoms with Crippen molar-refractivity contribution in [1.29, 1.82) is 0 Å². The van der Waals surface area contributed by atoms with Gasteiger partial charge in [-0.25, -0.2) is 4.79 Å². The van der Waals surface area contributed by atoms with Gasteiger partial charge in [0.15, 0.2) is 0 Å². The molecular formula is C15H14N2O4. The maximum atomic E-state index is 11.6. The first-order chi connectivity index (χ1) is 10.2. The third kappa shape index (κ3) is 3.10. The number of H-pyrrole nitrogens is 1. The van der Waals surface area contributed by atoms with E-state index >= 15 is 0 Å². The number of esters is 1. The van der Waals surface area contributed by atoms with Crippen molar-refractivity contribution >= 4 is 5.97 Å². The quantitative estimate of drug-likeness (QED) is 0.872. The van der Waals surface area contributed by atoms with Crippen molar-refractivity contribution in [2.75, 3.05) is 7.11 Å². The number of rotatable bonds is 4. The smallest absolute Gasteiger partial charge is 0.337 e. The highest BCUT2D eigenvalue weighted by Gasteiger charge is 2.26. The minimum absolute atomic E-state index is 0.229. The third-order valence-corrected chi connectivity index (χ3v) is 3.20. The van der Waals surface area contributed by atoms with Crippen molar-refractivity contribution in [3.8, 4) is 11.6 Å². The second kappa shape index (κ2) is 5.40. The zero-order valence-electron chi connectivity index (χ0n) is 11.5. The van der Waals surface area contributed by atoms with E-state index in [0.29, 0.717) is 23.1 Å². The van der Waals surface area contributed by atoms with E-state index in [-0.39, 0.29) is 11.4 Å². The van der Waals surface area contributed by atoms with Gasteiger partial charge in [-0.15, -0.1) is 0 Å². The number of nitrogens with one attached hydrogen (secondary N) is 1. The summed E-state index contributed by atoms with van der Waals surface area (Å²) >= 11 is 0. The van der Waals surface area contributed by atoms with E-state index in [1.165, 1.54) is 13.2 Å². The molecule has 6 heteroatoms. The molecule has 0 unspecified atom stereocenters. The number of benzene rings is 1. The molecule has 1 saturated carbocycles. The Kier molecular flexibility index (Phi) is 3.43. The fourth-order valence-corrected chi connectivity index (χ4v) is 1.95. The molecule has 1 fully saturated rings. The van der Waals surface area contributed by atoms with Gasteiger partial charge in [0.2, 0.25) is 5.88 Å². The highest BCUT2D eigenvalue weighted by Crippen LogP contribution is 2.38. The Labute approximate surface area is 120 Å². The van der Waals surface area contributed by atoms with Gasteiger partial charge in [0.25, 0.3) is 5.56 Å². The van der Waals surface area contributed by atoms with Gasteiger partial charge in [-0.2, -0.15) is 4.98 Å². The number of methoxy groups -OCH3 is 1. The highest BCUT2D eigenvalue weighted by atomic mass is 16.5. The maximum Gasteiger partial charge on any atom is 0.337 e. The molecule has 1 N–H and O–H groups in total. The fraction of sp³-hybridized carbons (Fsp3) is 0.267. The molecule has 1 aliphatic rings. The monoisotopic (exact) mass is 286 g/mol. The minimum atomic E-state index is -0.410. The molecule has 0 atom stereocenters. The van der Waals surface area contributed by atoms with Crippen LogP contribution in [0.1, 0.15) is 34.9 Å². The molecule has 3 rings (SSSR count). The lowest BCUT2D eigenvalue weighted by molar-refractivity contribution is 0.0600. The lowest BCUT2D eigenvalue weighted by Crippen LogP contribution is -2.10. The molecule has 21 heavy (non-hydrogen) atoms. The largest absolute Gasteiger partial charge is 0.465 e. The van der Waals surface area contributed by atoms with Crippen molar-refractivity contribution in [1.82, 2.24) is 9.97 Å². The van der Waals surface area contributed by atoms with Crippen LogP contribution in [0.2, 0.25) is 0 Å². The van der Waals surface area contributed by atoms with Crippen LogP contribution in [0.5, 0.6) is 11.6 Å². The molecule has 0 aliphatic heterocycles. The summed E-state index contributed by atoms with van der Waals surface area (Å²) in [7, 11) is 1.33. The van der Waals surface area contributed by atoms with E-state index in [1.807, 2.05) is 0 Å². The first-order valence-electron chi connectivity index (χ1n) is 6.63. The van der Waals surface area contributed by atoms with Crippen LogP contribution in [0.4, 0.5) is 0 Å². The minimum Gasteiger partial charge on any atom is -0.465 e. The SMILES string of the molecule is COC(=O)c1ccc(Oc2cc(=O)[nH]c(C3CC3)n2)cc1. The van der Waals surface area contributed by atoms with Crippen molar-refractivity contribution in [3.05, 3.63) is 52.1 Å². The van der Waals surface area contributed by atoms with Crippen molar-refractivity contribution in [2.45, 2.75) is 18.8 Å². The summed E-state index contributed by atoms with van der Waals surface area (Å²) in [4.78, 5) is 29.9. The Morgan fingerprint density at radius 3 is 2.62 bits per heavy atom. The summed E-state index contributed by atoms with van der Waals surface area (Å²) in [6.07, 6.45) is 2.08. The number of aromatic amines is 1. The van der Waals surface area contributed by atoms with Gasteiger partial charge in [-0.1, -0.05) is 0 Å². The van der Waals surface area contributed by atoms with Gasteiger partial charge >= 0.3 is 5.97 Å². The summed E-state index contributed by atoms with van der Waals surface area (Å²) in [5, 5.41) is 0. The van der Waals surface area contributed by atoms with Crippen molar-refractivity contribution in [3.63, 3.8) is 0 Å². The van der Waals surface area contributed by atoms with Crippen molar-refractivity contribution in [2.24, 2.45) is 0 Å². The molecule has 6 nitrogen and oxygen atoms in total. The van der Waals surface area contributed by atoms with Crippen LogP contribution in [0.3, 0.4) is 0 Å². The molecule has 1 aromatic carbocycles. The molecule has 0 amide bonds. The van der Waals surface area contributed by atoms with Crippen LogP contribution in [0.25, 0.3) is 0 Å². The van der Waals surface area contributed by atoms with Gasteiger partial charge in [-0.05, 0) is 37.1 Å². The summed E-state index contributed by atoms with van der Waals surface area (Å²) in [5.41, 5.74) is 0.204. The molecule has 2 aromatic rings. The second-order valence-electron chi connectivity index (χ2n) is 4.86. The number of nitrogens with zero attached hydrogens (tertiary/aromatic N) is 1. The Bertz CT molecular complexity index is 717. The number of hydrogen-bond acceptors (Lipinski definition) is 5. The van der Waals surface area contributed by atoms with Crippen LogP contribution >= 0.6 is 0 Å². The molecule has 0 spiro atoms. The van der Waals surface area contributed by atoms with E-state index in [1.54, 1.807) is 24.3 Å². The summed E-state index contributed by atoms with van der Waals surface area (Å²) in [6, 6.07) is 7.75. The Morgan fingerprint density at radius 2 is 2.00 bits per heavy atom. The third-order valence-electron chi connectivity index (χ3n) is 3.20. The predicted octanol–water partition coefficient (Wildman–Crippen LogP) is 2.23. The maximum absolute atomic E-state index is 11.6. The fourth-order valence-electron chi connectivity index (χ4n) is 1.95. The molecule has 1 aromatic heterocycles. The predicted molar refractivity (Wildman–Crippen MR) is 74.7 cm³/mol. The molecule has 0 bridgehead atoms. The Hall–Kier alpha value is -2.63. The zero-order valence-corrected chi connectivity index (χ0v) is 11.5. The summed E-state index contributed by atoms with van der Waals surface area (Å²) < 4.78 is 10.2. The second-order valence-corrected chi connectivity index (χ2v) is 4.86. The molecule has 0 radical (unpaired) electrons. The molecule has 1 aliphatic carbocycles. The number of carbonyl (C=O) groups is 1. The summed E-state index contributed by atoms with van der Waals surface area (Å²) in [5.74, 6) is 1.35. The van der Waals surface area contributed by atoms with Crippen LogP contribution in [-0.4, -0.2) is 23.0 Å². The van der Waals surface area contributed by atoms with Gasteiger partial charge in [0.05, 0.1) is 18.7 Å². The van der Waals surface area contributed by atoms with Gasteiger partial charge in [0.1, 0.15) is 11.6 Å². The van der Waals surface area contributed by atoms with E-state index in [4.69, 9.17) is 4.74 Å². The molecular weight excluding hydrogens is 272 g/mol. The van der Waals surface area contributed by atoms with Crippen molar-refractivity contribution < 1.29 is 14.3 Å². The zero-order chi connectivity index (χ0) is 14.8. The van der Waals surface area contributed by atoms with Crippen LogP contribution < -0.4 is 10.3 Å². The highest BCUT2D eigenvalue weighted by molar-refractivity contribution is 5.89. The van der Waals surface area contributed by atoms with Gasteiger partial charge < -0.3 is 14.5 Å². The average molecular weight is 286 g/mol. The molecule has 1 heterocycles. The van der Waals surface area contributed by atoms with E-state index in [9.17, 15) is 9.59 Å². The summed E-state index contributed by atoms with van der Waals surface area (Å²) in [6.45, 7) is 0. The standard InChI is InChI=1S/C15H14N2O4/c1-20-15(19)10-4-6-11(7-5-10)21-13-8-12(18)16-14(17-13)9-2-3-9/h4-9H,2-3H2,1H3,(H,16,17,18). The van der Waals surface area contributed by atoms with E-state index in [0.717, 1.165) is 12.8 Å². The number of ether oxygens (including phenoxy) is 2. The Morgan fingerprint density at radius 1 is 1.29 bits per heavy atom. The number of carbonyl (C=O) groups excluding carboxylic acids is 1. The lowest BCUT2D eigenvalue weighted by atomic mass is 10.2. The molecule has 108 valence electrons. The van der Waals surface area contributed by atoms with Gasteiger partial charge in [-0.3, -0.25) is 4.79 Å². The number of hydrogen-bond donors (Lipinski definition) is 1. The van der Waals surface area contributed by atoms with Crippen LogP contribution in [0.15, 0.2) is 35.1 Å². The molecule has 0 saturated heterocycles. The van der Waals surface area contributed by atoms with Crippen LogP contribution in [0, 0.1) is 0 Å². The van der Waals surface area contributed by atoms with E-state index in [2.05, 4.69) is 14.7 Å². The van der Waals surface area contributed by atoms with E-state index < -0.39 is 5.97 Å². The average Bonchev–Trinajstić information content (AvgIpc) is 3.31. The van der Waals surface area contributed by atoms with Gasteiger partial charge in [0, 0.05) is 5.92 Å². The van der Waals surface area contributed by atoms with Crippen LogP contribution in [-0.2, 0) is 4.74 Å². The normalized spacial score (nSPS) is 13.8.